The van der Waals surface area contributed by atoms with E-state index in [0.717, 1.165) is 11.1 Å². The molecule has 0 unspecified atom stereocenters. The number of anilines is 1. The summed E-state index contributed by atoms with van der Waals surface area (Å²) in [7, 11) is 1.53. The summed E-state index contributed by atoms with van der Waals surface area (Å²) in [4.78, 5) is 30.9. The van der Waals surface area contributed by atoms with E-state index in [0.29, 0.717) is 17.1 Å². The van der Waals surface area contributed by atoms with Crippen LogP contribution in [0.25, 0.3) is 16.7 Å². The number of aromatic nitrogens is 2. The maximum absolute atomic E-state index is 13.4. The molecule has 2 heterocycles. The summed E-state index contributed by atoms with van der Waals surface area (Å²) in [6.45, 7) is 3.76. The molecule has 4 aromatic rings. The van der Waals surface area contributed by atoms with Crippen LogP contribution in [-0.4, -0.2) is 27.7 Å². The summed E-state index contributed by atoms with van der Waals surface area (Å²) in [6, 6.07) is 15.7. The fourth-order valence-corrected chi connectivity index (χ4v) is 3.45. The summed E-state index contributed by atoms with van der Waals surface area (Å²) in [6.07, 6.45) is 1.52. The highest BCUT2D eigenvalue weighted by atomic mass is 16.5. The number of pyridine rings is 2. The zero-order chi connectivity index (χ0) is 22.1. The van der Waals surface area contributed by atoms with Crippen molar-refractivity contribution in [3.8, 4) is 17.2 Å². The molecule has 156 valence electrons. The number of carbonyl (C=O) groups is 1. The van der Waals surface area contributed by atoms with Gasteiger partial charge in [0.25, 0.3) is 11.5 Å². The molecule has 2 N–H and O–H groups in total. The van der Waals surface area contributed by atoms with Crippen molar-refractivity contribution in [3.05, 3.63) is 87.8 Å². The molecule has 0 spiro atoms. The summed E-state index contributed by atoms with van der Waals surface area (Å²) >= 11 is 0. The van der Waals surface area contributed by atoms with Crippen LogP contribution < -0.4 is 15.6 Å². The molecule has 4 rings (SSSR count). The fourth-order valence-electron chi connectivity index (χ4n) is 3.45. The van der Waals surface area contributed by atoms with Gasteiger partial charge in [0.05, 0.1) is 18.2 Å². The van der Waals surface area contributed by atoms with Crippen LogP contribution in [0, 0.1) is 13.8 Å². The van der Waals surface area contributed by atoms with E-state index in [1.807, 2.05) is 32.0 Å². The number of carbonyl (C=O) groups excluding carboxylic acids is 1. The zero-order valence-electron chi connectivity index (χ0n) is 17.3. The highest BCUT2D eigenvalue weighted by Crippen LogP contribution is 2.28. The van der Waals surface area contributed by atoms with Gasteiger partial charge in [0, 0.05) is 18.0 Å². The second-order valence-corrected chi connectivity index (χ2v) is 7.21. The number of hydrogen-bond donors (Lipinski definition) is 2. The number of amides is 1. The van der Waals surface area contributed by atoms with Crippen molar-refractivity contribution < 1.29 is 14.6 Å². The van der Waals surface area contributed by atoms with Crippen molar-refractivity contribution in [2.45, 2.75) is 13.8 Å². The fraction of sp³-hybridized carbons (Fsp3) is 0.125. The molecule has 0 saturated carbocycles. The maximum atomic E-state index is 13.4. The third-order valence-electron chi connectivity index (χ3n) is 5.09. The number of nitrogens with one attached hydrogen (secondary N) is 1. The number of benzene rings is 2. The minimum Gasteiger partial charge on any atom is -0.506 e. The lowest BCUT2D eigenvalue weighted by Crippen LogP contribution is -2.29. The van der Waals surface area contributed by atoms with Gasteiger partial charge in [0.15, 0.2) is 5.65 Å². The Bertz CT molecular complexity index is 1380. The summed E-state index contributed by atoms with van der Waals surface area (Å²) in [5.74, 6) is -0.559. The van der Waals surface area contributed by atoms with E-state index in [1.165, 1.54) is 17.9 Å². The van der Waals surface area contributed by atoms with Crippen LogP contribution in [0.5, 0.6) is 11.5 Å². The van der Waals surface area contributed by atoms with Crippen LogP contribution in [0.3, 0.4) is 0 Å². The molecule has 31 heavy (non-hydrogen) atoms. The van der Waals surface area contributed by atoms with Gasteiger partial charge in [-0.3, -0.25) is 14.2 Å². The van der Waals surface area contributed by atoms with E-state index in [9.17, 15) is 14.7 Å². The largest absolute Gasteiger partial charge is 0.506 e. The molecule has 0 aliphatic carbocycles. The van der Waals surface area contributed by atoms with E-state index in [1.54, 1.807) is 36.4 Å². The monoisotopic (exact) mass is 415 g/mol. The number of fused-ring (bicyclic) bond motifs is 1. The molecule has 0 aliphatic heterocycles. The van der Waals surface area contributed by atoms with Gasteiger partial charge >= 0.3 is 0 Å². The van der Waals surface area contributed by atoms with Gasteiger partial charge in [-0.15, -0.1) is 0 Å². The van der Waals surface area contributed by atoms with Gasteiger partial charge in [-0.25, -0.2) is 4.98 Å². The maximum Gasteiger partial charge on any atom is 0.273 e. The lowest BCUT2D eigenvalue weighted by Gasteiger charge is -2.15. The Kier molecular flexibility index (Phi) is 5.17. The first kappa shape index (κ1) is 20.2. The van der Waals surface area contributed by atoms with Crippen molar-refractivity contribution in [2.75, 3.05) is 12.4 Å². The highest BCUT2D eigenvalue weighted by molar-refractivity contribution is 6.09. The molecule has 2 aromatic carbocycles. The first-order chi connectivity index (χ1) is 14.9. The number of ether oxygens (including phenoxy) is 1. The van der Waals surface area contributed by atoms with Crippen molar-refractivity contribution in [1.82, 2.24) is 9.55 Å². The van der Waals surface area contributed by atoms with E-state index >= 15 is 0 Å². The minimum atomic E-state index is -0.696. The lowest BCUT2D eigenvalue weighted by molar-refractivity contribution is 0.102. The van der Waals surface area contributed by atoms with Crippen molar-refractivity contribution >= 4 is 22.6 Å². The van der Waals surface area contributed by atoms with Crippen molar-refractivity contribution in [3.63, 3.8) is 0 Å². The molecule has 0 atom stereocenters. The average molecular weight is 415 g/mol. The Morgan fingerprint density at radius 2 is 1.90 bits per heavy atom. The second-order valence-electron chi connectivity index (χ2n) is 7.21. The van der Waals surface area contributed by atoms with E-state index in [4.69, 9.17) is 4.74 Å². The highest BCUT2D eigenvalue weighted by Gasteiger charge is 2.24. The number of nitrogens with zero attached hydrogens (tertiary/aromatic N) is 2. The van der Waals surface area contributed by atoms with Crippen molar-refractivity contribution in [2.24, 2.45) is 0 Å². The first-order valence-corrected chi connectivity index (χ1v) is 9.66. The zero-order valence-corrected chi connectivity index (χ0v) is 17.3. The summed E-state index contributed by atoms with van der Waals surface area (Å²) in [5, 5.41) is 13.9. The van der Waals surface area contributed by atoms with Crippen LogP contribution in [0.15, 0.2) is 65.6 Å². The molecule has 7 heteroatoms. The molecular weight excluding hydrogens is 394 g/mol. The smallest absolute Gasteiger partial charge is 0.273 e. The predicted molar refractivity (Wildman–Crippen MR) is 119 cm³/mol. The minimum absolute atomic E-state index is 0.238. The Labute approximate surface area is 178 Å². The standard InChI is InChI=1S/C24H21N3O4/c1-14-9-10-15(2)19(12-14)26-23(29)20-21(28)18-8-5-11-25-22(18)27(24(20)30)16-6-4-7-17(13-16)31-3/h4-13,28H,1-3H3,(H,26,29). The number of methoxy groups -OCH3 is 1. The number of aromatic hydroxyl groups is 1. The van der Waals surface area contributed by atoms with Crippen LogP contribution in [-0.2, 0) is 0 Å². The molecule has 0 aliphatic rings. The molecule has 1 amide bonds. The number of aryl methyl sites for hydroxylation is 2. The molecule has 7 nitrogen and oxygen atoms in total. The van der Waals surface area contributed by atoms with Crippen LogP contribution in [0.4, 0.5) is 5.69 Å². The molecule has 0 fully saturated rings. The average Bonchev–Trinajstić information content (AvgIpc) is 2.76. The Hall–Kier alpha value is -4.13. The Morgan fingerprint density at radius 1 is 1.10 bits per heavy atom. The third-order valence-corrected chi connectivity index (χ3v) is 5.09. The van der Waals surface area contributed by atoms with Crippen molar-refractivity contribution in [1.29, 1.82) is 0 Å². The molecule has 0 bridgehead atoms. The predicted octanol–water partition coefficient (Wildman–Crippen LogP) is 3.97. The Morgan fingerprint density at radius 3 is 2.68 bits per heavy atom. The summed E-state index contributed by atoms with van der Waals surface area (Å²) in [5.41, 5.74) is 2.04. The quantitative estimate of drug-likeness (QED) is 0.526. The van der Waals surface area contributed by atoms with E-state index in [2.05, 4.69) is 10.3 Å². The van der Waals surface area contributed by atoms with E-state index in [-0.39, 0.29) is 16.6 Å². The van der Waals surface area contributed by atoms with Gasteiger partial charge in [-0.1, -0.05) is 18.2 Å². The van der Waals surface area contributed by atoms with Crippen LogP contribution >= 0.6 is 0 Å². The molecule has 0 radical (unpaired) electrons. The van der Waals surface area contributed by atoms with Gasteiger partial charge in [-0.2, -0.15) is 0 Å². The van der Waals surface area contributed by atoms with Crippen LogP contribution in [0.1, 0.15) is 21.5 Å². The van der Waals surface area contributed by atoms with E-state index < -0.39 is 17.2 Å². The van der Waals surface area contributed by atoms with Crippen LogP contribution in [0.2, 0.25) is 0 Å². The van der Waals surface area contributed by atoms with Gasteiger partial charge in [0.1, 0.15) is 17.1 Å². The Balaban J connectivity index is 1.95. The first-order valence-electron chi connectivity index (χ1n) is 9.66. The normalized spacial score (nSPS) is 10.8. The second kappa shape index (κ2) is 7.95. The number of hydrogen-bond acceptors (Lipinski definition) is 5. The topological polar surface area (TPSA) is 93.5 Å². The lowest BCUT2D eigenvalue weighted by atomic mass is 10.1. The van der Waals surface area contributed by atoms with Gasteiger partial charge < -0.3 is 15.2 Å². The molecule has 0 saturated heterocycles. The molecule has 2 aromatic heterocycles. The SMILES string of the molecule is COc1cccc(-n2c(=O)c(C(=O)Nc3cc(C)ccc3C)c(O)c3cccnc32)c1. The molecular formula is C24H21N3O4. The third kappa shape index (κ3) is 3.61. The van der Waals surface area contributed by atoms with Gasteiger partial charge in [-0.05, 0) is 55.3 Å². The van der Waals surface area contributed by atoms with Gasteiger partial charge in [0.2, 0.25) is 0 Å². The number of rotatable bonds is 4. The summed E-state index contributed by atoms with van der Waals surface area (Å²) < 4.78 is 6.57.